The standard InChI is InChI=1S/C13H23O3.3C4H9.Sn/c1-4-8-14-9-6-5-7-13-15-11(2)10-12(3)16-13;3*1-3-4-2;/h4,8,11-13H,1,5-7,9-10H2,2-3H3;3*1,3-4H2,2H3;/b8-4-;;;;/t11-,12-;;;;/m1..../s1. The fourth-order valence-corrected chi connectivity index (χ4v) is 19.6. The molecular weight excluding hydrogens is 467 g/mol. The fourth-order valence-electron chi connectivity index (χ4n) is 4.53. The second kappa shape index (κ2) is 16.9. The molecule has 0 saturated carbocycles. The van der Waals surface area contributed by atoms with E-state index in [-0.39, 0.29) is 6.29 Å². The quantitative estimate of drug-likeness (QED) is 0.111. The summed E-state index contributed by atoms with van der Waals surface area (Å²) in [6.07, 6.45) is 17.6. The summed E-state index contributed by atoms with van der Waals surface area (Å²) in [5.41, 5.74) is 0. The maximum absolute atomic E-state index is 5.87. The van der Waals surface area contributed by atoms with Gasteiger partial charge in [0, 0.05) is 0 Å². The number of hydrogen-bond acceptors (Lipinski definition) is 3. The molecule has 0 radical (unpaired) electrons. The molecule has 1 heterocycles. The third-order valence-corrected chi connectivity index (χ3v) is 21.6. The zero-order valence-corrected chi connectivity index (χ0v) is 23.1. The van der Waals surface area contributed by atoms with Crippen LogP contribution < -0.4 is 0 Å². The molecule has 0 aromatic heterocycles. The Bertz CT molecular complexity index is 381. The van der Waals surface area contributed by atoms with Gasteiger partial charge >= 0.3 is 187 Å². The molecule has 1 rings (SSSR count). The zero-order valence-electron chi connectivity index (χ0n) is 20.2. The predicted molar refractivity (Wildman–Crippen MR) is 128 cm³/mol. The Kier molecular flexibility index (Phi) is 15.9. The molecule has 0 spiro atoms. The first-order valence-electron chi connectivity index (χ1n) is 12.6. The van der Waals surface area contributed by atoms with E-state index in [2.05, 4.69) is 40.7 Å². The molecule has 2 atom stereocenters. The first-order valence-corrected chi connectivity index (χ1v) is 20.7. The third kappa shape index (κ3) is 12.6. The van der Waals surface area contributed by atoms with E-state index < -0.39 is 18.4 Å². The van der Waals surface area contributed by atoms with E-state index in [0.29, 0.717) is 12.2 Å². The van der Waals surface area contributed by atoms with Crippen molar-refractivity contribution >= 4 is 18.4 Å². The Hall–Kier alpha value is 0.259. The monoisotopic (exact) mass is 518 g/mol. The molecule has 1 aliphatic heterocycles. The minimum absolute atomic E-state index is 0.0188. The third-order valence-electron chi connectivity index (χ3n) is 6.31. The molecule has 0 unspecified atom stereocenters. The molecular formula is C25H50O3Sn. The summed E-state index contributed by atoms with van der Waals surface area (Å²) in [5, 5.41) is 0. The van der Waals surface area contributed by atoms with Gasteiger partial charge in [0.1, 0.15) is 0 Å². The Labute approximate surface area is 186 Å². The summed E-state index contributed by atoms with van der Waals surface area (Å²) in [6.45, 7) is 12.1. The van der Waals surface area contributed by atoms with Crippen LogP contribution in [-0.2, 0) is 14.2 Å². The van der Waals surface area contributed by atoms with E-state index in [1.807, 2.05) is 6.26 Å². The summed E-state index contributed by atoms with van der Waals surface area (Å²) in [5.74, 6) is 0. The van der Waals surface area contributed by atoms with Gasteiger partial charge in [0.15, 0.2) is 0 Å². The molecule has 1 saturated heterocycles. The van der Waals surface area contributed by atoms with Crippen LogP contribution in [-0.4, -0.2) is 43.5 Å². The van der Waals surface area contributed by atoms with Gasteiger partial charge in [-0.1, -0.05) is 0 Å². The van der Waals surface area contributed by atoms with Crippen LogP contribution in [0.15, 0.2) is 12.3 Å². The normalized spacial score (nSPS) is 23.0. The number of rotatable bonds is 17. The van der Waals surface area contributed by atoms with Crippen molar-refractivity contribution in [1.82, 2.24) is 0 Å². The molecule has 0 aromatic carbocycles. The van der Waals surface area contributed by atoms with Gasteiger partial charge in [-0.2, -0.15) is 0 Å². The van der Waals surface area contributed by atoms with E-state index in [4.69, 9.17) is 14.2 Å². The van der Waals surface area contributed by atoms with Crippen LogP contribution in [0.1, 0.15) is 98.8 Å². The van der Waals surface area contributed by atoms with Gasteiger partial charge in [-0.15, -0.1) is 0 Å². The van der Waals surface area contributed by atoms with E-state index in [1.54, 1.807) is 13.3 Å². The average Bonchev–Trinajstić information content (AvgIpc) is 2.70. The van der Waals surface area contributed by atoms with Gasteiger partial charge in [-0.05, 0) is 0 Å². The first-order chi connectivity index (χ1) is 14.0. The molecule has 4 heteroatoms. The van der Waals surface area contributed by atoms with Crippen molar-refractivity contribution in [3.05, 3.63) is 12.3 Å². The summed E-state index contributed by atoms with van der Waals surface area (Å²) < 4.78 is 23.7. The van der Waals surface area contributed by atoms with Gasteiger partial charge in [0.05, 0.1) is 0 Å². The Morgan fingerprint density at radius 1 is 0.828 bits per heavy atom. The van der Waals surface area contributed by atoms with Crippen molar-refractivity contribution in [3.63, 3.8) is 0 Å². The van der Waals surface area contributed by atoms with Crippen molar-refractivity contribution in [2.75, 3.05) is 6.61 Å². The Balaban J connectivity index is 2.29. The summed E-state index contributed by atoms with van der Waals surface area (Å²) in [7, 11) is 0. The second-order valence-corrected chi connectivity index (χ2v) is 23.3. The van der Waals surface area contributed by atoms with Gasteiger partial charge < -0.3 is 0 Å². The fraction of sp³-hybridized carbons (Fsp3) is 0.920. The minimum atomic E-state index is -2.02. The van der Waals surface area contributed by atoms with Crippen molar-refractivity contribution in [1.29, 1.82) is 0 Å². The molecule has 0 aliphatic carbocycles. The van der Waals surface area contributed by atoms with Crippen LogP contribution in [0.3, 0.4) is 0 Å². The molecule has 0 amide bonds. The molecule has 3 nitrogen and oxygen atoms in total. The number of unbranched alkanes of at least 4 members (excludes halogenated alkanes) is 4. The van der Waals surface area contributed by atoms with Gasteiger partial charge in [0.2, 0.25) is 0 Å². The Morgan fingerprint density at radius 2 is 1.38 bits per heavy atom. The summed E-state index contributed by atoms with van der Waals surface area (Å²) in [6, 6.07) is 0. The van der Waals surface area contributed by atoms with Crippen LogP contribution in [0.5, 0.6) is 0 Å². The maximum atomic E-state index is 5.87. The zero-order chi connectivity index (χ0) is 21.4. The molecule has 172 valence electrons. The average molecular weight is 517 g/mol. The summed E-state index contributed by atoms with van der Waals surface area (Å²) in [4.78, 5) is 0. The molecule has 1 aliphatic rings. The molecule has 0 N–H and O–H groups in total. The SMILES string of the molecule is CCC[CH2][Sn]([CH2]/C=C\OCCCCC1O[C@H](C)C[C@@H](C)O1)([CH2]CCC)[CH2]CCC. The van der Waals surface area contributed by atoms with Crippen LogP contribution in [0, 0.1) is 0 Å². The van der Waals surface area contributed by atoms with Crippen molar-refractivity contribution < 1.29 is 14.2 Å². The van der Waals surface area contributed by atoms with Crippen LogP contribution in [0.4, 0.5) is 0 Å². The molecule has 0 aromatic rings. The van der Waals surface area contributed by atoms with E-state index >= 15 is 0 Å². The number of allylic oxidation sites excluding steroid dienone is 1. The van der Waals surface area contributed by atoms with Crippen molar-refractivity contribution in [3.8, 4) is 0 Å². The number of ether oxygens (including phenoxy) is 3. The van der Waals surface area contributed by atoms with Crippen molar-refractivity contribution in [2.45, 2.75) is 135 Å². The van der Waals surface area contributed by atoms with Crippen LogP contribution in [0.25, 0.3) is 0 Å². The van der Waals surface area contributed by atoms with Gasteiger partial charge in [0.25, 0.3) is 0 Å². The predicted octanol–water partition coefficient (Wildman–Crippen LogP) is 8.08. The number of hydrogen-bond donors (Lipinski definition) is 0. The second-order valence-electron chi connectivity index (χ2n) is 9.31. The van der Waals surface area contributed by atoms with E-state index in [0.717, 1.165) is 32.3 Å². The van der Waals surface area contributed by atoms with Crippen molar-refractivity contribution in [2.24, 2.45) is 0 Å². The molecule has 0 bridgehead atoms. The first kappa shape index (κ1) is 27.3. The van der Waals surface area contributed by atoms with E-state index in [9.17, 15) is 0 Å². The van der Waals surface area contributed by atoms with E-state index in [1.165, 1.54) is 43.0 Å². The van der Waals surface area contributed by atoms with Gasteiger partial charge in [-0.3, -0.25) is 0 Å². The van der Waals surface area contributed by atoms with Crippen LogP contribution in [0.2, 0.25) is 17.7 Å². The van der Waals surface area contributed by atoms with Gasteiger partial charge in [-0.25, -0.2) is 0 Å². The Morgan fingerprint density at radius 3 is 1.90 bits per heavy atom. The van der Waals surface area contributed by atoms with Crippen LogP contribution >= 0.6 is 0 Å². The molecule has 29 heavy (non-hydrogen) atoms. The summed E-state index contributed by atoms with van der Waals surface area (Å²) >= 11 is -2.02. The molecule has 1 fully saturated rings. The topological polar surface area (TPSA) is 27.7 Å².